The number of morpholine rings is 1. The largest absolute Gasteiger partial charge is 0.379 e. The van der Waals surface area contributed by atoms with E-state index in [0.29, 0.717) is 0 Å². The molecule has 1 aromatic heterocycles. The van der Waals surface area contributed by atoms with E-state index >= 15 is 0 Å². The Labute approximate surface area is 204 Å². The van der Waals surface area contributed by atoms with Crippen LogP contribution in [0.4, 0.5) is 5.95 Å². The number of guanidine groups is 1. The lowest BCUT2D eigenvalue weighted by atomic mass is 10.0. The van der Waals surface area contributed by atoms with Crippen molar-refractivity contribution in [2.24, 2.45) is 4.99 Å². The minimum absolute atomic E-state index is 0. The van der Waals surface area contributed by atoms with E-state index in [0.717, 1.165) is 90.6 Å². The van der Waals surface area contributed by atoms with Crippen LogP contribution >= 0.6 is 24.0 Å². The van der Waals surface area contributed by atoms with Gasteiger partial charge in [-0.2, -0.15) is 0 Å². The molecule has 3 heterocycles. The van der Waals surface area contributed by atoms with E-state index in [1.54, 1.807) is 12.4 Å². The van der Waals surface area contributed by atoms with Crippen molar-refractivity contribution in [3.8, 4) is 0 Å². The Morgan fingerprint density at radius 1 is 1.06 bits per heavy atom. The van der Waals surface area contributed by atoms with Gasteiger partial charge in [0.05, 0.1) is 19.8 Å². The number of nitrogens with one attached hydrogen (secondary N) is 2. The summed E-state index contributed by atoms with van der Waals surface area (Å²) in [5.74, 6) is 1.73. The molecule has 176 valence electrons. The highest BCUT2D eigenvalue weighted by atomic mass is 127. The van der Waals surface area contributed by atoms with Crippen LogP contribution in [0, 0.1) is 0 Å². The molecule has 0 radical (unpaired) electrons. The van der Waals surface area contributed by atoms with Gasteiger partial charge in [0.1, 0.15) is 0 Å². The van der Waals surface area contributed by atoms with E-state index in [-0.39, 0.29) is 29.5 Å². The van der Waals surface area contributed by atoms with Crippen LogP contribution < -0.4 is 15.5 Å². The number of aliphatic imine (C=N–C) groups is 1. The summed E-state index contributed by atoms with van der Waals surface area (Å²) in [7, 11) is 0. The number of hydrogen-bond donors (Lipinski definition) is 2. The van der Waals surface area contributed by atoms with E-state index < -0.39 is 0 Å². The van der Waals surface area contributed by atoms with Gasteiger partial charge < -0.3 is 20.3 Å². The fourth-order valence-electron chi connectivity index (χ4n) is 3.84. The van der Waals surface area contributed by atoms with Gasteiger partial charge in [-0.1, -0.05) is 0 Å². The van der Waals surface area contributed by atoms with Gasteiger partial charge in [0.15, 0.2) is 5.96 Å². The van der Waals surface area contributed by atoms with Crippen molar-refractivity contribution >= 4 is 35.9 Å². The lowest BCUT2D eigenvalue weighted by molar-refractivity contribution is -0.00683. The predicted octanol–water partition coefficient (Wildman–Crippen LogP) is 0.883. The van der Waals surface area contributed by atoms with Crippen molar-refractivity contribution in [2.45, 2.75) is 26.3 Å². The molecule has 0 aromatic carbocycles. The van der Waals surface area contributed by atoms with Crippen LogP contribution in [-0.2, 0) is 4.74 Å². The Bertz CT molecular complexity index is 646. The number of nitrogens with zero attached hydrogens (tertiary/aromatic N) is 6. The van der Waals surface area contributed by atoms with E-state index in [4.69, 9.17) is 9.73 Å². The minimum Gasteiger partial charge on any atom is -0.379 e. The highest BCUT2D eigenvalue weighted by Crippen LogP contribution is 2.16. The predicted molar refractivity (Wildman–Crippen MR) is 137 cm³/mol. The maximum absolute atomic E-state index is 5.48. The molecule has 2 N–H and O–H groups in total. The van der Waals surface area contributed by atoms with Crippen LogP contribution in [0.3, 0.4) is 0 Å². The zero-order valence-electron chi connectivity index (χ0n) is 19.2. The van der Waals surface area contributed by atoms with Crippen LogP contribution in [0.15, 0.2) is 23.5 Å². The first-order valence-electron chi connectivity index (χ1n) is 11.2. The SMILES string of the molecule is CCNC(=NCC(C)(C)N1CCOCC1)NCCN1CCN(c2ncccn2)CC1.I. The van der Waals surface area contributed by atoms with Crippen molar-refractivity contribution in [3.63, 3.8) is 0 Å². The molecular formula is C21H39IN8O. The van der Waals surface area contributed by atoms with Gasteiger partial charge in [0.2, 0.25) is 5.95 Å². The molecule has 0 amide bonds. The van der Waals surface area contributed by atoms with Crippen LogP contribution in [-0.4, -0.2) is 110 Å². The average molecular weight is 547 g/mol. The third-order valence-corrected chi connectivity index (χ3v) is 5.76. The van der Waals surface area contributed by atoms with Gasteiger partial charge in [-0.15, -0.1) is 24.0 Å². The van der Waals surface area contributed by atoms with Gasteiger partial charge in [0.25, 0.3) is 0 Å². The summed E-state index contributed by atoms with van der Waals surface area (Å²) in [6, 6.07) is 1.86. The third-order valence-electron chi connectivity index (χ3n) is 5.76. The van der Waals surface area contributed by atoms with Crippen LogP contribution in [0.2, 0.25) is 0 Å². The third kappa shape index (κ3) is 8.32. The first-order chi connectivity index (χ1) is 14.6. The van der Waals surface area contributed by atoms with Gasteiger partial charge in [-0.25, -0.2) is 9.97 Å². The Morgan fingerprint density at radius 2 is 1.74 bits per heavy atom. The summed E-state index contributed by atoms with van der Waals surface area (Å²) in [5.41, 5.74) is 0.0297. The Kier molecular flexibility index (Phi) is 11.2. The van der Waals surface area contributed by atoms with Crippen LogP contribution in [0.1, 0.15) is 20.8 Å². The smallest absolute Gasteiger partial charge is 0.225 e. The molecule has 0 unspecified atom stereocenters. The zero-order valence-corrected chi connectivity index (χ0v) is 21.5. The van der Waals surface area contributed by atoms with Crippen molar-refractivity contribution < 1.29 is 4.74 Å². The lowest BCUT2D eigenvalue weighted by Gasteiger charge is -2.40. The average Bonchev–Trinajstić information content (AvgIpc) is 2.79. The maximum Gasteiger partial charge on any atom is 0.225 e. The number of anilines is 1. The van der Waals surface area contributed by atoms with Crippen molar-refractivity contribution in [1.82, 2.24) is 30.4 Å². The molecule has 2 aliphatic rings. The van der Waals surface area contributed by atoms with Crippen molar-refractivity contribution in [1.29, 1.82) is 0 Å². The summed E-state index contributed by atoms with van der Waals surface area (Å²) in [4.78, 5) is 20.8. The highest BCUT2D eigenvalue weighted by molar-refractivity contribution is 14.0. The minimum atomic E-state index is 0. The van der Waals surface area contributed by atoms with Gasteiger partial charge >= 0.3 is 0 Å². The van der Waals surface area contributed by atoms with Crippen LogP contribution in [0.5, 0.6) is 0 Å². The van der Waals surface area contributed by atoms with E-state index in [9.17, 15) is 0 Å². The number of halogens is 1. The van der Waals surface area contributed by atoms with Crippen molar-refractivity contribution in [3.05, 3.63) is 18.5 Å². The van der Waals surface area contributed by atoms with Gasteiger partial charge in [-0.05, 0) is 26.8 Å². The van der Waals surface area contributed by atoms with E-state index in [1.165, 1.54) is 0 Å². The molecule has 0 aliphatic carbocycles. The number of hydrogen-bond acceptors (Lipinski definition) is 7. The fourth-order valence-corrected chi connectivity index (χ4v) is 3.84. The maximum atomic E-state index is 5.48. The summed E-state index contributed by atoms with van der Waals surface area (Å²) < 4.78 is 5.48. The molecule has 10 heteroatoms. The molecule has 2 fully saturated rings. The molecule has 2 saturated heterocycles. The second kappa shape index (κ2) is 13.3. The number of ether oxygens (including phenoxy) is 1. The molecule has 0 saturated carbocycles. The molecule has 9 nitrogen and oxygen atoms in total. The summed E-state index contributed by atoms with van der Waals surface area (Å²) in [5, 5.41) is 6.88. The molecule has 3 rings (SSSR count). The first-order valence-corrected chi connectivity index (χ1v) is 11.2. The zero-order chi connectivity index (χ0) is 21.2. The van der Waals surface area contributed by atoms with Crippen LogP contribution in [0.25, 0.3) is 0 Å². The molecule has 31 heavy (non-hydrogen) atoms. The highest BCUT2D eigenvalue weighted by Gasteiger charge is 2.28. The Morgan fingerprint density at radius 3 is 2.39 bits per heavy atom. The standard InChI is InChI=1S/C21H38N8O.HI/c1-4-22-19(26-18-21(2,3)29-14-16-30-17-15-29)23-8-9-27-10-12-28(13-11-27)20-24-6-5-7-25-20;/h5-7H,4,8-18H2,1-3H3,(H2,22,23,26);1H. The Balaban J connectivity index is 0.00000341. The molecule has 0 atom stereocenters. The lowest BCUT2D eigenvalue weighted by Crippen LogP contribution is -2.52. The van der Waals surface area contributed by atoms with E-state index in [2.05, 4.69) is 56.1 Å². The normalized spacial score (nSPS) is 19.1. The van der Waals surface area contributed by atoms with E-state index in [1.807, 2.05) is 6.07 Å². The quantitative estimate of drug-likeness (QED) is 0.283. The van der Waals surface area contributed by atoms with Crippen molar-refractivity contribution in [2.75, 3.05) is 83.6 Å². The number of aromatic nitrogens is 2. The van der Waals surface area contributed by atoms with Gasteiger partial charge in [0, 0.05) is 76.8 Å². The van der Waals surface area contributed by atoms with Gasteiger partial charge in [-0.3, -0.25) is 14.8 Å². The summed E-state index contributed by atoms with van der Waals surface area (Å²) in [6.45, 7) is 17.7. The summed E-state index contributed by atoms with van der Waals surface area (Å²) >= 11 is 0. The number of rotatable bonds is 8. The number of piperazine rings is 1. The first kappa shape index (κ1) is 26.0. The second-order valence-corrected chi connectivity index (χ2v) is 8.41. The fraction of sp³-hybridized carbons (Fsp3) is 0.762. The molecule has 2 aliphatic heterocycles. The molecule has 0 spiro atoms. The Hall–Kier alpha value is -1.24. The second-order valence-electron chi connectivity index (χ2n) is 8.41. The topological polar surface area (TPSA) is 81.2 Å². The molecular weight excluding hydrogens is 507 g/mol. The summed E-state index contributed by atoms with van der Waals surface area (Å²) in [6.07, 6.45) is 3.61. The molecule has 0 bridgehead atoms. The monoisotopic (exact) mass is 546 g/mol. The molecule has 1 aromatic rings.